The van der Waals surface area contributed by atoms with Gasteiger partial charge in [0.05, 0.1) is 0 Å². The van der Waals surface area contributed by atoms with Crippen molar-refractivity contribution < 1.29 is 13.2 Å². The van der Waals surface area contributed by atoms with Crippen LogP contribution in [-0.2, 0) is 12.6 Å². The predicted molar refractivity (Wildman–Crippen MR) is 46.7 cm³/mol. The molecule has 1 aromatic heterocycles. The van der Waals surface area contributed by atoms with Crippen molar-refractivity contribution in [2.24, 2.45) is 0 Å². The van der Waals surface area contributed by atoms with E-state index in [0.29, 0.717) is 11.8 Å². The van der Waals surface area contributed by atoms with Crippen LogP contribution in [0.15, 0.2) is 18.3 Å². The van der Waals surface area contributed by atoms with Gasteiger partial charge in [0.1, 0.15) is 5.69 Å². The zero-order valence-corrected chi connectivity index (χ0v) is 8.19. The van der Waals surface area contributed by atoms with Crippen LogP contribution in [0, 0.1) is 0 Å². The summed E-state index contributed by atoms with van der Waals surface area (Å²) in [6, 6.07) is 2.95. The molecule has 0 atom stereocenters. The summed E-state index contributed by atoms with van der Waals surface area (Å²) >= 11 is 3.09. The number of halogens is 4. The van der Waals surface area contributed by atoms with Gasteiger partial charge in [-0.15, -0.1) is 0 Å². The summed E-state index contributed by atoms with van der Waals surface area (Å²) in [4.78, 5) is 3.32. The molecule has 0 radical (unpaired) electrons. The van der Waals surface area contributed by atoms with Gasteiger partial charge in [0.25, 0.3) is 0 Å². The molecular weight excluding hydrogens is 247 g/mol. The Balaban J connectivity index is 3.05. The minimum absolute atomic E-state index is 0.229. The van der Waals surface area contributed by atoms with Gasteiger partial charge in [0.2, 0.25) is 0 Å². The minimum atomic E-state index is -4.35. The summed E-state index contributed by atoms with van der Waals surface area (Å²) in [7, 11) is 0. The fourth-order valence-corrected chi connectivity index (χ4v) is 1.42. The van der Waals surface area contributed by atoms with Gasteiger partial charge < -0.3 is 0 Å². The summed E-state index contributed by atoms with van der Waals surface area (Å²) in [6.07, 6.45) is -2.86. The van der Waals surface area contributed by atoms with E-state index in [-0.39, 0.29) is 5.56 Å². The highest BCUT2D eigenvalue weighted by Gasteiger charge is 2.34. The second-order valence-corrected chi connectivity index (χ2v) is 3.24. The molecular formula is C8H7BrF3N. The summed E-state index contributed by atoms with van der Waals surface area (Å²) in [5.74, 6) is 0. The highest BCUT2D eigenvalue weighted by atomic mass is 79.9. The smallest absolute Gasteiger partial charge is 0.252 e. The first-order chi connectivity index (χ1) is 6.05. The first kappa shape index (κ1) is 10.5. The van der Waals surface area contributed by atoms with E-state index < -0.39 is 11.9 Å². The van der Waals surface area contributed by atoms with Crippen LogP contribution >= 0.6 is 15.9 Å². The summed E-state index contributed by atoms with van der Waals surface area (Å²) in [6.45, 7) is 0. The third-order valence-corrected chi connectivity index (χ3v) is 1.92. The molecule has 5 heteroatoms. The second-order valence-electron chi connectivity index (χ2n) is 2.45. The molecule has 0 aromatic carbocycles. The number of hydrogen-bond donors (Lipinski definition) is 0. The standard InChI is InChI=1S/C8H7BrF3N/c9-4-3-6-2-1-5-13-7(6)8(10,11)12/h1-2,5H,3-4H2. The van der Waals surface area contributed by atoms with E-state index in [2.05, 4.69) is 20.9 Å². The minimum Gasteiger partial charge on any atom is -0.252 e. The van der Waals surface area contributed by atoms with Crippen molar-refractivity contribution >= 4 is 15.9 Å². The Morgan fingerprint density at radius 3 is 2.62 bits per heavy atom. The van der Waals surface area contributed by atoms with Gasteiger partial charge in [-0.3, -0.25) is 4.98 Å². The van der Waals surface area contributed by atoms with E-state index in [1.165, 1.54) is 12.1 Å². The number of hydrogen-bond acceptors (Lipinski definition) is 1. The number of aromatic nitrogens is 1. The molecule has 0 spiro atoms. The SMILES string of the molecule is FC(F)(F)c1ncccc1CCBr. The van der Waals surface area contributed by atoms with Crippen molar-refractivity contribution in [3.8, 4) is 0 Å². The monoisotopic (exact) mass is 253 g/mol. The number of alkyl halides is 4. The van der Waals surface area contributed by atoms with Crippen LogP contribution in [0.2, 0.25) is 0 Å². The number of pyridine rings is 1. The van der Waals surface area contributed by atoms with Gasteiger partial charge >= 0.3 is 6.18 Å². The topological polar surface area (TPSA) is 12.9 Å². The molecule has 72 valence electrons. The summed E-state index contributed by atoms with van der Waals surface area (Å²) < 4.78 is 36.9. The van der Waals surface area contributed by atoms with E-state index in [1.807, 2.05) is 0 Å². The molecule has 13 heavy (non-hydrogen) atoms. The van der Waals surface area contributed by atoms with Crippen LogP contribution < -0.4 is 0 Å². The summed E-state index contributed by atoms with van der Waals surface area (Å²) in [5, 5.41) is 0.502. The lowest BCUT2D eigenvalue weighted by atomic mass is 10.1. The molecule has 0 saturated heterocycles. The van der Waals surface area contributed by atoms with Crippen molar-refractivity contribution in [1.29, 1.82) is 0 Å². The van der Waals surface area contributed by atoms with Crippen molar-refractivity contribution in [3.63, 3.8) is 0 Å². The molecule has 1 rings (SSSR count). The highest BCUT2D eigenvalue weighted by molar-refractivity contribution is 9.09. The zero-order chi connectivity index (χ0) is 9.90. The molecule has 0 saturated carbocycles. The van der Waals surface area contributed by atoms with E-state index in [4.69, 9.17) is 0 Å². The molecule has 1 heterocycles. The molecule has 0 fully saturated rings. The Labute approximate surface area is 82.1 Å². The lowest BCUT2D eigenvalue weighted by Crippen LogP contribution is -2.11. The van der Waals surface area contributed by atoms with Crippen molar-refractivity contribution in [3.05, 3.63) is 29.6 Å². The molecule has 0 amide bonds. The molecule has 0 aliphatic heterocycles. The second kappa shape index (κ2) is 4.09. The number of aryl methyl sites for hydroxylation is 1. The fourth-order valence-electron chi connectivity index (χ4n) is 0.997. The van der Waals surface area contributed by atoms with Crippen molar-refractivity contribution in [2.75, 3.05) is 5.33 Å². The molecule has 0 unspecified atom stereocenters. The lowest BCUT2D eigenvalue weighted by Gasteiger charge is -2.09. The van der Waals surface area contributed by atoms with Gasteiger partial charge in [-0.05, 0) is 18.1 Å². The third-order valence-electron chi connectivity index (χ3n) is 1.52. The average Bonchev–Trinajstić information content (AvgIpc) is 2.04. The maximum absolute atomic E-state index is 12.3. The van der Waals surface area contributed by atoms with Crippen molar-refractivity contribution in [2.45, 2.75) is 12.6 Å². The Hall–Kier alpha value is -0.580. The van der Waals surface area contributed by atoms with Crippen LogP contribution in [0.3, 0.4) is 0 Å². The molecule has 0 N–H and O–H groups in total. The van der Waals surface area contributed by atoms with Crippen molar-refractivity contribution in [1.82, 2.24) is 4.98 Å². The van der Waals surface area contributed by atoms with Crippen LogP contribution in [0.4, 0.5) is 13.2 Å². The normalized spacial score (nSPS) is 11.7. The van der Waals surface area contributed by atoms with E-state index >= 15 is 0 Å². The van der Waals surface area contributed by atoms with Crippen LogP contribution in [-0.4, -0.2) is 10.3 Å². The molecule has 0 aliphatic carbocycles. The first-order valence-corrected chi connectivity index (χ1v) is 4.75. The average molecular weight is 254 g/mol. The molecule has 1 aromatic rings. The zero-order valence-electron chi connectivity index (χ0n) is 6.61. The van der Waals surface area contributed by atoms with Gasteiger partial charge in [-0.2, -0.15) is 13.2 Å². The Bertz CT molecular complexity index is 285. The Kier molecular flexibility index (Phi) is 3.30. The highest BCUT2D eigenvalue weighted by Crippen LogP contribution is 2.30. The van der Waals surface area contributed by atoms with Crippen LogP contribution in [0.25, 0.3) is 0 Å². The molecule has 0 bridgehead atoms. The van der Waals surface area contributed by atoms with E-state index in [0.717, 1.165) is 6.20 Å². The third kappa shape index (κ3) is 2.69. The van der Waals surface area contributed by atoms with E-state index in [9.17, 15) is 13.2 Å². The fraction of sp³-hybridized carbons (Fsp3) is 0.375. The quantitative estimate of drug-likeness (QED) is 0.739. The summed E-state index contributed by atoms with van der Waals surface area (Å²) in [5.41, 5.74) is -0.554. The van der Waals surface area contributed by atoms with Gasteiger partial charge in [0.15, 0.2) is 0 Å². The first-order valence-electron chi connectivity index (χ1n) is 3.62. The van der Waals surface area contributed by atoms with Gasteiger partial charge in [-0.1, -0.05) is 22.0 Å². The van der Waals surface area contributed by atoms with Crippen LogP contribution in [0.5, 0.6) is 0 Å². The Morgan fingerprint density at radius 2 is 2.08 bits per heavy atom. The molecule has 1 nitrogen and oxygen atoms in total. The maximum atomic E-state index is 12.3. The number of rotatable bonds is 2. The van der Waals surface area contributed by atoms with Gasteiger partial charge in [0, 0.05) is 11.5 Å². The maximum Gasteiger partial charge on any atom is 0.433 e. The molecule has 0 aliphatic rings. The lowest BCUT2D eigenvalue weighted by molar-refractivity contribution is -0.141. The van der Waals surface area contributed by atoms with Crippen LogP contribution in [0.1, 0.15) is 11.3 Å². The number of nitrogens with zero attached hydrogens (tertiary/aromatic N) is 1. The van der Waals surface area contributed by atoms with E-state index in [1.54, 1.807) is 0 Å². The Morgan fingerprint density at radius 1 is 1.38 bits per heavy atom. The largest absolute Gasteiger partial charge is 0.433 e. The predicted octanol–water partition coefficient (Wildman–Crippen LogP) is 3.04. The van der Waals surface area contributed by atoms with Gasteiger partial charge in [-0.25, -0.2) is 0 Å².